The highest BCUT2D eigenvalue weighted by molar-refractivity contribution is 6.10. The molecule has 0 radical (unpaired) electrons. The molecule has 1 rings (SSSR count). The van der Waals surface area contributed by atoms with Crippen LogP contribution in [0.3, 0.4) is 0 Å². The van der Waals surface area contributed by atoms with Crippen molar-refractivity contribution in [3.8, 4) is 0 Å². The largest absolute Gasteiger partial charge is 0.313 e. The Morgan fingerprint density at radius 3 is 2.61 bits per heavy atom. The van der Waals surface area contributed by atoms with Crippen LogP contribution in [-0.4, -0.2) is 37.1 Å². The Morgan fingerprint density at radius 2 is 2.17 bits per heavy atom. The van der Waals surface area contributed by atoms with Crippen molar-refractivity contribution < 1.29 is 4.79 Å². The van der Waals surface area contributed by atoms with E-state index < -0.39 is 0 Å². The zero-order chi connectivity index (χ0) is 13.8. The summed E-state index contributed by atoms with van der Waals surface area (Å²) in [7, 11) is 1.65. The maximum absolute atomic E-state index is 11.9. The minimum Gasteiger partial charge on any atom is -0.313 e. The second kappa shape index (κ2) is 6.09. The molecule has 3 N–H and O–H groups in total. The summed E-state index contributed by atoms with van der Waals surface area (Å²) in [6.45, 7) is 6.86. The van der Waals surface area contributed by atoms with E-state index in [1.54, 1.807) is 7.05 Å². The van der Waals surface area contributed by atoms with Crippen molar-refractivity contribution in [1.29, 1.82) is 5.41 Å². The van der Waals surface area contributed by atoms with E-state index in [0.29, 0.717) is 18.0 Å². The van der Waals surface area contributed by atoms with Crippen LogP contribution in [0.5, 0.6) is 0 Å². The molecule has 1 fully saturated rings. The van der Waals surface area contributed by atoms with Gasteiger partial charge in [-0.15, -0.1) is 0 Å². The van der Waals surface area contributed by atoms with Crippen LogP contribution < -0.4 is 10.6 Å². The Morgan fingerprint density at radius 1 is 1.50 bits per heavy atom. The fourth-order valence-corrected chi connectivity index (χ4v) is 1.75. The molecule has 0 aromatic rings. The van der Waals surface area contributed by atoms with E-state index in [1.807, 2.05) is 20.8 Å². The number of carbonyl (C=O) groups is 1. The van der Waals surface area contributed by atoms with Crippen molar-refractivity contribution in [3.05, 3.63) is 0 Å². The molecule has 0 aromatic carbocycles. The summed E-state index contributed by atoms with van der Waals surface area (Å²) in [5.41, 5.74) is 0.384. The summed E-state index contributed by atoms with van der Waals surface area (Å²) < 4.78 is 0. The first-order valence-electron chi connectivity index (χ1n) is 6.42. The van der Waals surface area contributed by atoms with Crippen LogP contribution in [0.1, 0.15) is 40.0 Å². The van der Waals surface area contributed by atoms with Crippen LogP contribution in [-0.2, 0) is 4.79 Å². The van der Waals surface area contributed by atoms with Crippen molar-refractivity contribution >= 4 is 17.5 Å². The van der Waals surface area contributed by atoms with Crippen LogP contribution in [0.4, 0.5) is 0 Å². The maximum atomic E-state index is 11.9. The molecule has 1 unspecified atom stereocenters. The van der Waals surface area contributed by atoms with Gasteiger partial charge in [0.15, 0.2) is 0 Å². The number of rotatable bonds is 3. The lowest BCUT2D eigenvalue weighted by atomic mass is 9.88. The summed E-state index contributed by atoms with van der Waals surface area (Å²) in [4.78, 5) is 16.0. The number of nitrogens with one attached hydrogen (secondary N) is 3. The highest BCUT2D eigenvalue weighted by atomic mass is 16.2. The summed E-state index contributed by atoms with van der Waals surface area (Å²) in [6, 6.07) is -0.106. The predicted molar refractivity (Wildman–Crippen MR) is 74.3 cm³/mol. The number of carbonyl (C=O) groups excluding carboxylic acids is 1. The van der Waals surface area contributed by atoms with Gasteiger partial charge in [0, 0.05) is 19.2 Å². The zero-order valence-electron chi connectivity index (χ0n) is 11.8. The van der Waals surface area contributed by atoms with Gasteiger partial charge in [0.25, 0.3) is 0 Å². The van der Waals surface area contributed by atoms with E-state index in [0.717, 1.165) is 19.4 Å². The van der Waals surface area contributed by atoms with Crippen LogP contribution in [0.2, 0.25) is 0 Å². The number of amides is 1. The van der Waals surface area contributed by atoms with Crippen molar-refractivity contribution in [2.45, 2.75) is 46.1 Å². The van der Waals surface area contributed by atoms with Gasteiger partial charge >= 0.3 is 0 Å². The Hall–Kier alpha value is -1.23. The third kappa shape index (κ3) is 4.22. The Bertz CT molecular complexity index is 348. The van der Waals surface area contributed by atoms with E-state index in [1.165, 1.54) is 0 Å². The third-order valence-corrected chi connectivity index (χ3v) is 3.16. The van der Waals surface area contributed by atoms with Crippen LogP contribution in [0.15, 0.2) is 4.99 Å². The highest BCUT2D eigenvalue weighted by Gasteiger charge is 2.24. The molecule has 1 aliphatic rings. The monoisotopic (exact) mass is 252 g/mol. The number of amidine groups is 1. The number of hydrogen-bond donors (Lipinski definition) is 3. The lowest BCUT2D eigenvalue weighted by molar-refractivity contribution is -0.121. The second-order valence-corrected chi connectivity index (χ2v) is 5.71. The maximum Gasteiger partial charge on any atom is 0.242 e. The fraction of sp³-hybridized carbons (Fsp3) is 0.769. The van der Waals surface area contributed by atoms with Crippen molar-refractivity contribution in [3.63, 3.8) is 0 Å². The minimum absolute atomic E-state index is 0.0326. The quantitative estimate of drug-likeness (QED) is 0.523. The molecule has 0 bridgehead atoms. The van der Waals surface area contributed by atoms with Crippen molar-refractivity contribution in [2.24, 2.45) is 10.4 Å². The van der Waals surface area contributed by atoms with Gasteiger partial charge in [-0.25, -0.2) is 0 Å². The van der Waals surface area contributed by atoms with Gasteiger partial charge in [-0.3, -0.25) is 9.79 Å². The van der Waals surface area contributed by atoms with Gasteiger partial charge in [-0.2, -0.15) is 0 Å². The average molecular weight is 252 g/mol. The molecule has 1 saturated heterocycles. The summed E-state index contributed by atoms with van der Waals surface area (Å²) >= 11 is 0. The molecule has 1 amide bonds. The molecule has 1 aliphatic heterocycles. The molecule has 5 heteroatoms. The molecule has 0 aliphatic carbocycles. The predicted octanol–water partition coefficient (Wildman–Crippen LogP) is 1.34. The summed E-state index contributed by atoms with van der Waals surface area (Å²) in [6.07, 6.45) is 2.31. The topological polar surface area (TPSA) is 77.3 Å². The van der Waals surface area contributed by atoms with Crippen LogP contribution in [0.25, 0.3) is 0 Å². The van der Waals surface area contributed by atoms with Crippen molar-refractivity contribution in [1.82, 2.24) is 10.6 Å². The van der Waals surface area contributed by atoms with Crippen LogP contribution in [0, 0.1) is 10.8 Å². The fourth-order valence-electron chi connectivity index (χ4n) is 1.75. The van der Waals surface area contributed by atoms with E-state index >= 15 is 0 Å². The van der Waals surface area contributed by atoms with Gasteiger partial charge in [0.1, 0.15) is 5.84 Å². The second-order valence-electron chi connectivity index (χ2n) is 5.71. The molecule has 18 heavy (non-hydrogen) atoms. The van der Waals surface area contributed by atoms with E-state index in [2.05, 4.69) is 15.6 Å². The SMILES string of the molecule is CN=C(CC(=N)C(C)(C)C)NC(=O)C1CCCN1. The minimum atomic E-state index is -0.188. The van der Waals surface area contributed by atoms with Gasteiger partial charge in [-0.05, 0) is 24.8 Å². The Kier molecular flexibility index (Phi) is 5.02. The van der Waals surface area contributed by atoms with E-state index in [9.17, 15) is 4.79 Å². The van der Waals surface area contributed by atoms with Gasteiger partial charge in [0.2, 0.25) is 5.91 Å². The molecular weight excluding hydrogens is 228 g/mol. The molecule has 0 aromatic heterocycles. The zero-order valence-corrected chi connectivity index (χ0v) is 11.8. The standard InChI is InChI=1S/C13H24N4O/c1-13(2,3)10(14)8-11(15-4)17-12(18)9-6-5-7-16-9/h9,14,16H,5-8H2,1-4H3,(H,15,17,18). The Balaban J connectivity index is 2.52. The third-order valence-electron chi connectivity index (χ3n) is 3.16. The highest BCUT2D eigenvalue weighted by Crippen LogP contribution is 2.17. The van der Waals surface area contributed by atoms with E-state index in [4.69, 9.17) is 5.41 Å². The molecule has 5 nitrogen and oxygen atoms in total. The lowest BCUT2D eigenvalue weighted by Crippen LogP contribution is -2.44. The van der Waals surface area contributed by atoms with Gasteiger partial charge < -0.3 is 16.0 Å². The molecule has 1 heterocycles. The molecule has 1 atom stereocenters. The van der Waals surface area contributed by atoms with E-state index in [-0.39, 0.29) is 17.4 Å². The van der Waals surface area contributed by atoms with Crippen molar-refractivity contribution in [2.75, 3.05) is 13.6 Å². The van der Waals surface area contributed by atoms with Crippen LogP contribution >= 0.6 is 0 Å². The first kappa shape index (κ1) is 14.8. The molecule has 0 saturated carbocycles. The smallest absolute Gasteiger partial charge is 0.242 e. The Labute approximate surface area is 109 Å². The first-order chi connectivity index (χ1) is 8.34. The molecular formula is C13H24N4O. The molecule has 0 spiro atoms. The van der Waals surface area contributed by atoms with Gasteiger partial charge in [-0.1, -0.05) is 20.8 Å². The van der Waals surface area contributed by atoms with Gasteiger partial charge in [0.05, 0.1) is 6.04 Å². The number of hydrogen-bond acceptors (Lipinski definition) is 4. The summed E-state index contributed by atoms with van der Waals surface area (Å²) in [5.74, 6) is 0.545. The lowest BCUT2D eigenvalue weighted by Gasteiger charge is -2.21. The number of nitrogens with zero attached hydrogens (tertiary/aromatic N) is 1. The average Bonchev–Trinajstić information content (AvgIpc) is 2.79. The normalized spacial score (nSPS) is 20.9. The summed E-state index contributed by atoms with van der Waals surface area (Å²) in [5, 5.41) is 13.9. The molecule has 102 valence electrons. The first-order valence-corrected chi connectivity index (χ1v) is 6.42. The number of aliphatic imine (C=N–C) groups is 1.